The molecule has 4 heterocycles. The third-order valence-electron chi connectivity index (χ3n) is 5.08. The van der Waals surface area contributed by atoms with Gasteiger partial charge in [0, 0.05) is 17.3 Å². The quantitative estimate of drug-likeness (QED) is 0.633. The smallest absolute Gasteiger partial charge is 0.162 e. The molecule has 132 valence electrons. The highest BCUT2D eigenvalue weighted by Gasteiger charge is 2.54. The summed E-state index contributed by atoms with van der Waals surface area (Å²) < 4.78 is 0. The predicted octanol–water partition coefficient (Wildman–Crippen LogP) is 4.80. The Morgan fingerprint density at radius 1 is 0.885 bits per heavy atom. The molecule has 0 spiro atoms. The second-order valence-corrected chi connectivity index (χ2v) is 6.80. The second-order valence-electron chi connectivity index (χ2n) is 6.80. The van der Waals surface area contributed by atoms with Gasteiger partial charge in [-0.2, -0.15) is 0 Å². The second kappa shape index (κ2) is 6.09. The molecule has 2 aromatic heterocycles. The van der Waals surface area contributed by atoms with Crippen molar-refractivity contribution in [1.82, 2.24) is 15.0 Å². The summed E-state index contributed by atoms with van der Waals surface area (Å²) in [6, 6.07) is 12.7. The molecule has 1 unspecified atom stereocenters. The molecule has 0 N–H and O–H groups in total. The van der Waals surface area contributed by atoms with E-state index in [-0.39, 0.29) is 11.6 Å². The zero-order chi connectivity index (χ0) is 18.3. The number of pyridine rings is 1. The van der Waals surface area contributed by atoms with Crippen molar-refractivity contribution in [2.75, 3.05) is 9.80 Å². The van der Waals surface area contributed by atoms with E-state index in [2.05, 4.69) is 68.9 Å². The summed E-state index contributed by atoms with van der Waals surface area (Å²) in [6.45, 7) is 8.58. The number of benzene rings is 1. The molecule has 2 aliphatic heterocycles. The normalized spacial score (nSPS) is 18.5. The van der Waals surface area contributed by atoms with Gasteiger partial charge in [-0.25, -0.2) is 9.97 Å². The first kappa shape index (κ1) is 16.5. The van der Waals surface area contributed by atoms with Crippen molar-refractivity contribution in [2.45, 2.75) is 39.3 Å². The minimum atomic E-state index is -0.0624. The molecule has 1 aromatic carbocycles. The van der Waals surface area contributed by atoms with Gasteiger partial charge in [0.25, 0.3) is 0 Å². The predicted molar refractivity (Wildman–Crippen MR) is 105 cm³/mol. The third-order valence-corrected chi connectivity index (χ3v) is 5.08. The average molecular weight is 345 g/mol. The summed E-state index contributed by atoms with van der Waals surface area (Å²) in [6.07, 6.45) is 7.33. The van der Waals surface area contributed by atoms with E-state index in [4.69, 9.17) is 0 Å². The first-order chi connectivity index (χ1) is 12.7. The van der Waals surface area contributed by atoms with Crippen LogP contribution in [0.5, 0.6) is 0 Å². The summed E-state index contributed by atoms with van der Waals surface area (Å²) >= 11 is 0. The Hall–Kier alpha value is -2.95. The van der Waals surface area contributed by atoms with Crippen LogP contribution >= 0.6 is 0 Å². The Morgan fingerprint density at radius 3 is 2.46 bits per heavy atom. The number of aromatic nitrogens is 3. The number of anilines is 4. The number of hydrogen-bond acceptors (Lipinski definition) is 5. The van der Waals surface area contributed by atoms with Crippen molar-refractivity contribution in [1.29, 1.82) is 0 Å². The fraction of sp³-hybridized carbons (Fsp3) is 0.286. The summed E-state index contributed by atoms with van der Waals surface area (Å²) in [5, 5.41) is 0. The first-order valence-corrected chi connectivity index (χ1v) is 9.07. The highest BCUT2D eigenvalue weighted by molar-refractivity contribution is 5.89. The minimum absolute atomic E-state index is 0.0624. The van der Waals surface area contributed by atoms with Crippen LogP contribution in [-0.4, -0.2) is 21.1 Å². The zero-order valence-corrected chi connectivity index (χ0v) is 15.6. The lowest BCUT2D eigenvalue weighted by atomic mass is 9.83. The van der Waals surface area contributed by atoms with E-state index < -0.39 is 0 Å². The molecule has 0 amide bonds. The van der Waals surface area contributed by atoms with Gasteiger partial charge in [-0.05, 0) is 23.8 Å². The van der Waals surface area contributed by atoms with Crippen LogP contribution in [0.3, 0.4) is 0 Å². The topological polar surface area (TPSA) is 45.2 Å². The average Bonchev–Trinajstić information content (AvgIpc) is 3.16. The van der Waals surface area contributed by atoms with E-state index in [1.165, 1.54) is 11.3 Å². The lowest BCUT2D eigenvalue weighted by molar-refractivity contribution is 0.450. The summed E-state index contributed by atoms with van der Waals surface area (Å²) in [5.74, 6) is 0.936. The molecule has 26 heavy (non-hydrogen) atoms. The molecule has 0 saturated heterocycles. The van der Waals surface area contributed by atoms with Crippen LogP contribution < -0.4 is 9.80 Å². The van der Waals surface area contributed by atoms with E-state index in [9.17, 15) is 0 Å². The lowest BCUT2D eigenvalue weighted by Gasteiger charge is -2.36. The molecule has 2 aliphatic rings. The van der Waals surface area contributed by atoms with E-state index in [1.807, 2.05) is 32.3 Å². The molecule has 0 radical (unpaired) electrons. The fourth-order valence-electron chi connectivity index (χ4n) is 4.07. The molecule has 3 aromatic rings. The van der Waals surface area contributed by atoms with Gasteiger partial charge in [0.05, 0.1) is 18.1 Å². The molecule has 1 atom stereocenters. The van der Waals surface area contributed by atoms with Crippen LogP contribution in [0.25, 0.3) is 0 Å². The number of hydrogen-bond donors (Lipinski definition) is 0. The fourth-order valence-corrected chi connectivity index (χ4v) is 4.07. The monoisotopic (exact) mass is 345 g/mol. The maximum atomic E-state index is 4.58. The van der Waals surface area contributed by atoms with Crippen molar-refractivity contribution < 1.29 is 0 Å². The van der Waals surface area contributed by atoms with Gasteiger partial charge < -0.3 is 9.80 Å². The van der Waals surface area contributed by atoms with Gasteiger partial charge in [0.15, 0.2) is 5.82 Å². The van der Waals surface area contributed by atoms with Crippen molar-refractivity contribution >= 4 is 22.9 Å². The van der Waals surface area contributed by atoms with Gasteiger partial charge in [0.1, 0.15) is 18.2 Å². The van der Waals surface area contributed by atoms with E-state index in [1.54, 1.807) is 12.5 Å². The van der Waals surface area contributed by atoms with E-state index in [0.29, 0.717) is 0 Å². The van der Waals surface area contributed by atoms with Crippen LogP contribution in [0.2, 0.25) is 0 Å². The van der Waals surface area contributed by atoms with Crippen LogP contribution in [0.1, 0.15) is 33.3 Å². The Morgan fingerprint density at radius 2 is 1.69 bits per heavy atom. The van der Waals surface area contributed by atoms with Crippen molar-refractivity contribution in [3.63, 3.8) is 0 Å². The molecule has 5 rings (SSSR count). The van der Waals surface area contributed by atoms with Crippen LogP contribution in [0.15, 0.2) is 61.3 Å². The summed E-state index contributed by atoms with van der Waals surface area (Å²) in [5.41, 5.74) is 4.61. The Bertz CT molecular complexity index is 907. The van der Waals surface area contributed by atoms with Crippen molar-refractivity contribution in [3.05, 3.63) is 66.9 Å². The van der Waals surface area contributed by atoms with Gasteiger partial charge in [-0.1, -0.05) is 45.9 Å². The summed E-state index contributed by atoms with van der Waals surface area (Å²) in [4.78, 5) is 17.8. The molecule has 5 heteroatoms. The lowest BCUT2D eigenvalue weighted by Crippen LogP contribution is -2.46. The Kier molecular flexibility index (Phi) is 3.87. The van der Waals surface area contributed by atoms with Gasteiger partial charge in [-0.15, -0.1) is 0 Å². The van der Waals surface area contributed by atoms with Crippen molar-refractivity contribution in [2.24, 2.45) is 0 Å². The maximum Gasteiger partial charge on any atom is 0.162 e. The molecule has 5 nitrogen and oxygen atoms in total. The largest absolute Gasteiger partial charge is 0.314 e. The third kappa shape index (κ3) is 2.13. The van der Waals surface area contributed by atoms with Crippen LogP contribution in [0.4, 0.5) is 22.9 Å². The maximum absolute atomic E-state index is 4.58. The van der Waals surface area contributed by atoms with Crippen LogP contribution in [-0.2, 0) is 5.41 Å². The van der Waals surface area contributed by atoms with Gasteiger partial charge in [0.2, 0.25) is 0 Å². The molecular weight excluding hydrogens is 322 g/mol. The highest BCUT2D eigenvalue weighted by atomic mass is 15.5. The molecule has 0 fully saturated rings. The Labute approximate surface area is 154 Å². The number of nitrogens with zero attached hydrogens (tertiary/aromatic N) is 5. The standard InChI is InChI=1S/C19H17N5.C2H6/c1-19(2)14-7-3-4-8-15(14)24-16-11-21-12-22-17(16)23(18(19)24)13-6-5-9-20-10-13;1-2/h3-12,18H,1-2H3;1-2H3. The molecule has 0 bridgehead atoms. The molecule has 0 aliphatic carbocycles. The number of rotatable bonds is 1. The van der Waals surface area contributed by atoms with Gasteiger partial charge >= 0.3 is 0 Å². The highest BCUT2D eigenvalue weighted by Crippen LogP contribution is 2.57. The SMILES string of the molecule is CC.CC1(C)c2ccccc2N2c3cncnc3N(c3cccnc3)C21. The molecule has 0 saturated carbocycles. The Balaban J connectivity index is 0.000000814. The minimum Gasteiger partial charge on any atom is -0.314 e. The van der Waals surface area contributed by atoms with Crippen molar-refractivity contribution in [3.8, 4) is 0 Å². The number of para-hydroxylation sites is 1. The molecular formula is C21H23N5. The van der Waals surface area contributed by atoms with Gasteiger partial charge in [-0.3, -0.25) is 4.98 Å². The number of fused-ring (bicyclic) bond motifs is 5. The van der Waals surface area contributed by atoms with E-state index in [0.717, 1.165) is 17.2 Å². The van der Waals surface area contributed by atoms with Crippen LogP contribution in [0, 0.1) is 0 Å². The van der Waals surface area contributed by atoms with E-state index >= 15 is 0 Å². The summed E-state index contributed by atoms with van der Waals surface area (Å²) in [7, 11) is 0. The zero-order valence-electron chi connectivity index (χ0n) is 15.6. The first-order valence-electron chi connectivity index (χ1n) is 9.07.